The second-order valence-electron chi connectivity index (χ2n) is 4.70. The van der Waals surface area contributed by atoms with Gasteiger partial charge in [0.1, 0.15) is 11.6 Å². The predicted octanol–water partition coefficient (Wildman–Crippen LogP) is 4.18. The number of aliphatic hydroxyl groups is 1. The zero-order valence-corrected chi connectivity index (χ0v) is 11.9. The lowest BCUT2D eigenvalue weighted by atomic mass is 9.89. The van der Waals surface area contributed by atoms with Gasteiger partial charge in [-0.15, -0.1) is 0 Å². The fourth-order valence-corrected chi connectivity index (χ4v) is 2.29. The molecule has 0 bridgehead atoms. The van der Waals surface area contributed by atoms with Gasteiger partial charge in [-0.25, -0.2) is 8.78 Å². The summed E-state index contributed by atoms with van der Waals surface area (Å²) in [5, 5.41) is 10.4. The molecule has 0 saturated carbocycles. The van der Waals surface area contributed by atoms with Crippen molar-refractivity contribution in [3.63, 3.8) is 0 Å². The molecule has 1 unspecified atom stereocenters. The minimum atomic E-state index is -1.38. The van der Waals surface area contributed by atoms with Gasteiger partial charge in [-0.1, -0.05) is 34.1 Å². The first-order valence-electron chi connectivity index (χ1n) is 5.81. The van der Waals surface area contributed by atoms with E-state index in [0.29, 0.717) is 0 Å². The third kappa shape index (κ3) is 3.39. The first-order chi connectivity index (χ1) is 8.88. The van der Waals surface area contributed by atoms with Gasteiger partial charge in [0, 0.05) is 22.5 Å². The van der Waals surface area contributed by atoms with E-state index in [2.05, 4.69) is 15.9 Å². The summed E-state index contributed by atoms with van der Waals surface area (Å²) in [5.41, 5.74) is -0.417. The second kappa shape index (κ2) is 5.39. The van der Waals surface area contributed by atoms with Crippen LogP contribution < -0.4 is 0 Å². The van der Waals surface area contributed by atoms with Crippen molar-refractivity contribution in [2.45, 2.75) is 18.9 Å². The first kappa shape index (κ1) is 14.2. The Labute approximate surface area is 119 Å². The molecule has 19 heavy (non-hydrogen) atoms. The molecule has 2 aromatic rings. The van der Waals surface area contributed by atoms with Gasteiger partial charge in [-0.05, 0) is 30.7 Å². The lowest BCUT2D eigenvalue weighted by Gasteiger charge is -2.24. The molecule has 2 rings (SSSR count). The zero-order valence-electron chi connectivity index (χ0n) is 10.3. The Morgan fingerprint density at radius 1 is 1.11 bits per heavy atom. The van der Waals surface area contributed by atoms with E-state index < -0.39 is 17.2 Å². The predicted molar refractivity (Wildman–Crippen MR) is 73.8 cm³/mol. The van der Waals surface area contributed by atoms with Crippen LogP contribution in [0.15, 0.2) is 46.9 Å². The van der Waals surface area contributed by atoms with Crippen molar-refractivity contribution in [2.75, 3.05) is 0 Å². The fourth-order valence-electron chi connectivity index (χ4n) is 2.02. The van der Waals surface area contributed by atoms with Crippen LogP contribution in [0.5, 0.6) is 0 Å². The molecular formula is C15H13BrF2O. The molecule has 4 heteroatoms. The molecule has 1 nitrogen and oxygen atoms in total. The summed E-state index contributed by atoms with van der Waals surface area (Å²) in [7, 11) is 0. The van der Waals surface area contributed by atoms with E-state index in [4.69, 9.17) is 0 Å². The molecule has 0 amide bonds. The minimum Gasteiger partial charge on any atom is -0.385 e. The van der Waals surface area contributed by atoms with Gasteiger partial charge in [-0.2, -0.15) is 0 Å². The molecule has 100 valence electrons. The van der Waals surface area contributed by atoms with Crippen molar-refractivity contribution in [3.8, 4) is 0 Å². The number of hydrogen-bond donors (Lipinski definition) is 1. The standard InChI is InChI=1S/C15H13BrF2O/c1-15(19,9-10-2-4-11(16)5-3-10)13-7-6-12(17)8-14(13)18/h2-8,19H,9H2,1H3. The third-order valence-corrected chi connectivity index (χ3v) is 3.50. The Balaban J connectivity index is 2.29. The highest BCUT2D eigenvalue weighted by Crippen LogP contribution is 2.28. The molecule has 0 heterocycles. The number of rotatable bonds is 3. The summed E-state index contributed by atoms with van der Waals surface area (Å²) in [6, 6.07) is 10.6. The average Bonchev–Trinajstić information content (AvgIpc) is 2.31. The van der Waals surface area contributed by atoms with Crippen molar-refractivity contribution in [2.24, 2.45) is 0 Å². The van der Waals surface area contributed by atoms with Crippen LogP contribution in [0.2, 0.25) is 0 Å². The summed E-state index contributed by atoms with van der Waals surface area (Å²) < 4.78 is 27.5. The first-order valence-corrected chi connectivity index (χ1v) is 6.60. The quantitative estimate of drug-likeness (QED) is 0.897. The van der Waals surface area contributed by atoms with Gasteiger partial charge < -0.3 is 5.11 Å². The average molecular weight is 327 g/mol. The smallest absolute Gasteiger partial charge is 0.132 e. The lowest BCUT2D eigenvalue weighted by molar-refractivity contribution is 0.0537. The highest BCUT2D eigenvalue weighted by molar-refractivity contribution is 9.10. The fraction of sp³-hybridized carbons (Fsp3) is 0.200. The van der Waals surface area contributed by atoms with Gasteiger partial charge >= 0.3 is 0 Å². The van der Waals surface area contributed by atoms with E-state index in [1.54, 1.807) is 0 Å². The molecule has 0 aliphatic heterocycles. The summed E-state index contributed by atoms with van der Waals surface area (Å²) in [6.07, 6.45) is 0.253. The number of hydrogen-bond acceptors (Lipinski definition) is 1. The van der Waals surface area contributed by atoms with Crippen LogP contribution >= 0.6 is 15.9 Å². The van der Waals surface area contributed by atoms with Crippen LogP contribution in [0.3, 0.4) is 0 Å². The molecule has 0 radical (unpaired) electrons. The molecule has 1 atom stereocenters. The van der Waals surface area contributed by atoms with Gasteiger partial charge in [-0.3, -0.25) is 0 Å². The summed E-state index contributed by atoms with van der Waals surface area (Å²) in [4.78, 5) is 0. The van der Waals surface area contributed by atoms with Gasteiger partial charge in [0.2, 0.25) is 0 Å². The van der Waals surface area contributed by atoms with Crippen molar-refractivity contribution in [3.05, 3.63) is 69.7 Å². The Morgan fingerprint density at radius 2 is 1.74 bits per heavy atom. The maximum absolute atomic E-state index is 13.7. The molecule has 0 aromatic heterocycles. The Bertz CT molecular complexity index is 579. The van der Waals surface area contributed by atoms with E-state index >= 15 is 0 Å². The monoisotopic (exact) mass is 326 g/mol. The van der Waals surface area contributed by atoms with Crippen LogP contribution in [0.4, 0.5) is 8.78 Å². The van der Waals surface area contributed by atoms with E-state index in [1.165, 1.54) is 13.0 Å². The van der Waals surface area contributed by atoms with Crippen molar-refractivity contribution < 1.29 is 13.9 Å². The van der Waals surface area contributed by atoms with Crippen LogP contribution in [0.1, 0.15) is 18.1 Å². The Kier molecular flexibility index (Phi) is 4.02. The zero-order chi connectivity index (χ0) is 14.0. The molecule has 2 aromatic carbocycles. The van der Waals surface area contributed by atoms with Gasteiger partial charge in [0.15, 0.2) is 0 Å². The topological polar surface area (TPSA) is 20.2 Å². The van der Waals surface area contributed by atoms with Crippen molar-refractivity contribution in [1.29, 1.82) is 0 Å². The Morgan fingerprint density at radius 3 is 2.32 bits per heavy atom. The molecule has 0 fully saturated rings. The maximum atomic E-state index is 13.7. The van der Waals surface area contributed by atoms with E-state index in [0.717, 1.165) is 22.2 Å². The van der Waals surface area contributed by atoms with Gasteiger partial charge in [0.05, 0.1) is 5.60 Å². The molecule has 0 saturated heterocycles. The molecule has 0 aliphatic carbocycles. The number of benzene rings is 2. The van der Waals surface area contributed by atoms with Crippen molar-refractivity contribution in [1.82, 2.24) is 0 Å². The number of halogens is 3. The SMILES string of the molecule is CC(O)(Cc1ccc(Br)cc1)c1ccc(F)cc1F. The summed E-state index contributed by atoms with van der Waals surface area (Å²) in [6.45, 7) is 1.52. The highest BCUT2D eigenvalue weighted by Gasteiger charge is 2.27. The van der Waals surface area contributed by atoms with Crippen LogP contribution in [-0.4, -0.2) is 5.11 Å². The van der Waals surface area contributed by atoms with E-state index in [9.17, 15) is 13.9 Å². The van der Waals surface area contributed by atoms with E-state index in [-0.39, 0.29) is 12.0 Å². The second-order valence-corrected chi connectivity index (χ2v) is 5.62. The maximum Gasteiger partial charge on any atom is 0.132 e. The largest absolute Gasteiger partial charge is 0.385 e. The molecule has 1 N–H and O–H groups in total. The van der Waals surface area contributed by atoms with Crippen LogP contribution in [-0.2, 0) is 12.0 Å². The third-order valence-electron chi connectivity index (χ3n) is 2.97. The summed E-state index contributed by atoms with van der Waals surface area (Å²) in [5.74, 6) is -1.39. The van der Waals surface area contributed by atoms with Crippen molar-refractivity contribution >= 4 is 15.9 Å². The molecular weight excluding hydrogens is 314 g/mol. The van der Waals surface area contributed by atoms with Gasteiger partial charge in [0.25, 0.3) is 0 Å². The normalized spacial score (nSPS) is 14.2. The minimum absolute atomic E-state index is 0.0943. The molecule has 0 aliphatic rings. The Hall–Kier alpha value is -1.26. The van der Waals surface area contributed by atoms with E-state index in [1.807, 2.05) is 24.3 Å². The lowest BCUT2D eigenvalue weighted by Crippen LogP contribution is -2.25. The van der Waals surface area contributed by atoms with Crippen LogP contribution in [0, 0.1) is 11.6 Å². The highest BCUT2D eigenvalue weighted by atomic mass is 79.9. The van der Waals surface area contributed by atoms with Crippen LogP contribution in [0.25, 0.3) is 0 Å². The molecule has 0 spiro atoms. The summed E-state index contributed by atoms with van der Waals surface area (Å²) >= 11 is 3.33.